The highest BCUT2D eigenvalue weighted by Gasteiger charge is 2.22. The summed E-state index contributed by atoms with van der Waals surface area (Å²) in [5, 5.41) is 18.4. The smallest absolute Gasteiger partial charge is 0.407 e. The zero-order valence-electron chi connectivity index (χ0n) is 24.8. The van der Waals surface area contributed by atoms with E-state index in [0.29, 0.717) is 17.7 Å². The summed E-state index contributed by atoms with van der Waals surface area (Å²) in [6.07, 6.45) is -0.213. The molecule has 4 rings (SSSR count). The summed E-state index contributed by atoms with van der Waals surface area (Å²) in [6.45, 7) is 7.49. The third kappa shape index (κ3) is 8.45. The van der Waals surface area contributed by atoms with Crippen molar-refractivity contribution < 1.29 is 24.2 Å². The van der Waals surface area contributed by atoms with Crippen LogP contribution in [0.5, 0.6) is 0 Å². The SMILES string of the molecule is CCC(NC(=O)c1ccc(-c2ccccc2)cc1-c1ccccc1Nc1ccc(CNC(=O)OC(C)(C)C)cc1)C(=O)O. The molecule has 222 valence electrons. The molecule has 0 bridgehead atoms. The van der Waals surface area contributed by atoms with Crippen molar-refractivity contribution in [3.8, 4) is 22.3 Å². The van der Waals surface area contributed by atoms with Crippen molar-refractivity contribution in [2.24, 2.45) is 0 Å². The van der Waals surface area contributed by atoms with E-state index < -0.39 is 29.6 Å². The number of carboxylic acid groups (broad SMARTS) is 1. The molecule has 8 heteroatoms. The molecule has 43 heavy (non-hydrogen) atoms. The molecule has 4 aromatic rings. The van der Waals surface area contributed by atoms with Crippen LogP contribution in [-0.4, -0.2) is 34.7 Å². The van der Waals surface area contributed by atoms with E-state index in [9.17, 15) is 19.5 Å². The van der Waals surface area contributed by atoms with E-state index in [1.807, 2.05) is 112 Å². The quantitative estimate of drug-likeness (QED) is 0.156. The molecular weight excluding hydrogens is 542 g/mol. The van der Waals surface area contributed by atoms with Gasteiger partial charge in [0.2, 0.25) is 0 Å². The average molecular weight is 580 g/mol. The fourth-order valence-corrected chi connectivity index (χ4v) is 4.53. The topological polar surface area (TPSA) is 117 Å². The number of rotatable bonds is 10. The monoisotopic (exact) mass is 579 g/mol. The lowest BCUT2D eigenvalue weighted by Gasteiger charge is -2.20. The number of hydrogen-bond donors (Lipinski definition) is 4. The van der Waals surface area contributed by atoms with Gasteiger partial charge in [-0.3, -0.25) is 4.79 Å². The number of alkyl carbamates (subject to hydrolysis) is 1. The second-order valence-electron chi connectivity index (χ2n) is 11.1. The molecule has 0 fully saturated rings. The molecule has 2 amide bonds. The van der Waals surface area contributed by atoms with E-state index in [0.717, 1.165) is 33.6 Å². The lowest BCUT2D eigenvalue weighted by Crippen LogP contribution is -2.40. The summed E-state index contributed by atoms with van der Waals surface area (Å²) in [6, 6.07) is 29.7. The Morgan fingerprint density at radius 3 is 2.14 bits per heavy atom. The number of anilines is 2. The van der Waals surface area contributed by atoms with Gasteiger partial charge in [-0.1, -0.05) is 73.7 Å². The summed E-state index contributed by atoms with van der Waals surface area (Å²) in [5.41, 5.74) is 5.66. The van der Waals surface area contributed by atoms with Gasteiger partial charge in [-0.15, -0.1) is 0 Å². The molecule has 4 N–H and O–H groups in total. The Hall–Kier alpha value is -5.11. The predicted octanol–water partition coefficient (Wildman–Crippen LogP) is 7.38. The van der Waals surface area contributed by atoms with Crippen LogP contribution < -0.4 is 16.0 Å². The van der Waals surface area contributed by atoms with Crippen LogP contribution in [0.1, 0.15) is 50.0 Å². The highest BCUT2D eigenvalue weighted by atomic mass is 16.6. The molecule has 1 atom stereocenters. The van der Waals surface area contributed by atoms with E-state index >= 15 is 0 Å². The van der Waals surface area contributed by atoms with Crippen molar-refractivity contribution in [2.75, 3.05) is 5.32 Å². The zero-order chi connectivity index (χ0) is 31.0. The molecule has 4 aromatic carbocycles. The van der Waals surface area contributed by atoms with Crippen molar-refractivity contribution in [1.82, 2.24) is 10.6 Å². The molecule has 1 unspecified atom stereocenters. The number of benzene rings is 4. The van der Waals surface area contributed by atoms with E-state index in [1.54, 1.807) is 13.0 Å². The molecule has 0 aromatic heterocycles. The summed E-state index contributed by atoms with van der Waals surface area (Å²) < 4.78 is 5.30. The van der Waals surface area contributed by atoms with Gasteiger partial charge in [-0.25, -0.2) is 9.59 Å². The van der Waals surface area contributed by atoms with Crippen LogP contribution in [0.4, 0.5) is 16.2 Å². The third-order valence-corrected chi connectivity index (χ3v) is 6.67. The van der Waals surface area contributed by atoms with Gasteiger partial charge in [0.15, 0.2) is 0 Å². The zero-order valence-corrected chi connectivity index (χ0v) is 24.8. The largest absolute Gasteiger partial charge is 0.480 e. The first kappa shape index (κ1) is 30.8. The van der Waals surface area contributed by atoms with Crippen LogP contribution in [0, 0.1) is 0 Å². The summed E-state index contributed by atoms with van der Waals surface area (Å²) in [5.74, 6) is -1.54. The number of para-hydroxylation sites is 1. The van der Waals surface area contributed by atoms with E-state index in [-0.39, 0.29) is 6.42 Å². The molecule has 0 aliphatic heterocycles. The first-order chi connectivity index (χ1) is 20.5. The molecular formula is C35H37N3O5. The first-order valence-electron chi connectivity index (χ1n) is 14.2. The lowest BCUT2D eigenvalue weighted by molar-refractivity contribution is -0.139. The van der Waals surface area contributed by atoms with Crippen LogP contribution in [0.15, 0.2) is 97.1 Å². The second kappa shape index (κ2) is 13.7. The number of carbonyl (C=O) groups excluding carboxylic acids is 2. The van der Waals surface area contributed by atoms with Crippen molar-refractivity contribution in [1.29, 1.82) is 0 Å². The van der Waals surface area contributed by atoms with Gasteiger partial charge < -0.3 is 25.8 Å². The molecule has 0 saturated carbocycles. The molecule has 0 radical (unpaired) electrons. The third-order valence-electron chi connectivity index (χ3n) is 6.67. The maximum Gasteiger partial charge on any atom is 0.407 e. The van der Waals surface area contributed by atoms with E-state index in [4.69, 9.17) is 4.74 Å². The number of nitrogens with one attached hydrogen (secondary N) is 3. The highest BCUT2D eigenvalue weighted by Crippen LogP contribution is 2.35. The Labute approximate surface area is 252 Å². The van der Waals surface area contributed by atoms with Crippen LogP contribution in [-0.2, 0) is 16.1 Å². The number of aliphatic carboxylic acids is 1. The fourth-order valence-electron chi connectivity index (χ4n) is 4.53. The van der Waals surface area contributed by atoms with Gasteiger partial charge in [-0.2, -0.15) is 0 Å². The van der Waals surface area contributed by atoms with Gasteiger partial charge in [0.1, 0.15) is 11.6 Å². The number of amides is 2. The molecule has 0 spiro atoms. The van der Waals surface area contributed by atoms with Crippen LogP contribution in [0.25, 0.3) is 22.3 Å². The molecule has 0 aliphatic rings. The molecule has 0 saturated heterocycles. The Balaban J connectivity index is 1.64. The maximum atomic E-state index is 13.4. The van der Waals surface area contributed by atoms with Crippen LogP contribution in [0.3, 0.4) is 0 Å². The Kier molecular flexibility index (Phi) is 9.83. The van der Waals surface area contributed by atoms with Gasteiger partial charge in [0, 0.05) is 29.0 Å². The minimum atomic E-state index is -1.08. The standard InChI is InChI=1S/C35H37N3O5/c1-5-30(33(40)41)38-32(39)28-20-17-25(24-11-7-6-8-12-24)21-29(28)27-13-9-10-14-31(27)37-26-18-15-23(16-19-26)22-36-34(42)43-35(2,3)4/h6-21,30,37H,5,22H2,1-4H3,(H,36,42)(H,38,39)(H,40,41). The molecule has 0 aliphatic carbocycles. The minimum absolute atomic E-state index is 0.264. The van der Waals surface area contributed by atoms with Gasteiger partial charge in [-0.05, 0) is 79.8 Å². The Bertz CT molecular complexity index is 1580. The summed E-state index contributed by atoms with van der Waals surface area (Å²) >= 11 is 0. The van der Waals surface area contributed by atoms with Gasteiger partial charge >= 0.3 is 12.1 Å². The van der Waals surface area contributed by atoms with Crippen molar-refractivity contribution in [3.63, 3.8) is 0 Å². The lowest BCUT2D eigenvalue weighted by atomic mass is 9.93. The predicted molar refractivity (Wildman–Crippen MR) is 169 cm³/mol. The maximum absolute atomic E-state index is 13.4. The summed E-state index contributed by atoms with van der Waals surface area (Å²) in [7, 11) is 0. The van der Waals surface area contributed by atoms with Crippen LogP contribution in [0.2, 0.25) is 0 Å². The van der Waals surface area contributed by atoms with Crippen LogP contribution >= 0.6 is 0 Å². The fraction of sp³-hybridized carbons (Fsp3) is 0.229. The van der Waals surface area contributed by atoms with E-state index in [1.165, 1.54) is 0 Å². The Morgan fingerprint density at radius 1 is 0.814 bits per heavy atom. The van der Waals surface area contributed by atoms with Crippen molar-refractivity contribution in [2.45, 2.75) is 52.3 Å². The van der Waals surface area contributed by atoms with Crippen molar-refractivity contribution >= 4 is 29.3 Å². The second-order valence-corrected chi connectivity index (χ2v) is 11.1. The van der Waals surface area contributed by atoms with Gasteiger partial charge in [0.25, 0.3) is 5.91 Å². The summed E-state index contributed by atoms with van der Waals surface area (Å²) in [4.78, 5) is 37.1. The number of ether oxygens (including phenoxy) is 1. The van der Waals surface area contributed by atoms with Crippen molar-refractivity contribution in [3.05, 3.63) is 108 Å². The number of carboxylic acids is 1. The van der Waals surface area contributed by atoms with E-state index in [2.05, 4.69) is 16.0 Å². The highest BCUT2D eigenvalue weighted by molar-refractivity contribution is 6.04. The van der Waals surface area contributed by atoms with Gasteiger partial charge in [0.05, 0.1) is 0 Å². The molecule has 8 nitrogen and oxygen atoms in total. The average Bonchev–Trinajstić information content (AvgIpc) is 2.99. The normalized spacial score (nSPS) is 11.7. The number of carbonyl (C=O) groups is 3. The minimum Gasteiger partial charge on any atom is -0.480 e. The number of hydrogen-bond acceptors (Lipinski definition) is 5. The Morgan fingerprint density at radius 2 is 1.49 bits per heavy atom. The molecule has 0 heterocycles. The first-order valence-corrected chi connectivity index (χ1v) is 14.2.